The van der Waals surface area contributed by atoms with Crippen LogP contribution in [0.5, 0.6) is 0 Å². The molecule has 2 aromatic carbocycles. The van der Waals surface area contributed by atoms with Gasteiger partial charge in [0.1, 0.15) is 0 Å². The van der Waals surface area contributed by atoms with Gasteiger partial charge in [0, 0.05) is 19.8 Å². The van der Waals surface area contributed by atoms with Crippen molar-refractivity contribution in [3.05, 3.63) is 70.8 Å². The molecule has 0 bridgehead atoms. The van der Waals surface area contributed by atoms with Crippen molar-refractivity contribution in [3.63, 3.8) is 0 Å². The minimum atomic E-state index is 0.283. The third-order valence-electron chi connectivity index (χ3n) is 6.34. The minimum absolute atomic E-state index is 0.283. The van der Waals surface area contributed by atoms with E-state index in [9.17, 15) is 0 Å². The molecule has 0 heterocycles. The number of ether oxygens (including phenoxy) is 2. The SMILES string of the molecule is CCOC1CCC(CCOCC2CCc3ccccc3C2)c2ccccc21. The molecule has 0 aromatic heterocycles. The van der Waals surface area contributed by atoms with E-state index in [2.05, 4.69) is 55.5 Å². The highest BCUT2D eigenvalue weighted by Gasteiger charge is 2.27. The van der Waals surface area contributed by atoms with Gasteiger partial charge in [-0.05, 0) is 79.5 Å². The number of aryl methyl sites for hydroxylation is 1. The highest BCUT2D eigenvalue weighted by Crippen LogP contribution is 2.40. The average molecular weight is 365 g/mol. The first-order valence-electron chi connectivity index (χ1n) is 10.7. The lowest BCUT2D eigenvalue weighted by Crippen LogP contribution is -2.21. The first-order valence-corrected chi connectivity index (χ1v) is 10.7. The van der Waals surface area contributed by atoms with Gasteiger partial charge in [0.15, 0.2) is 0 Å². The Bertz CT molecular complexity index is 739. The van der Waals surface area contributed by atoms with Gasteiger partial charge in [0.25, 0.3) is 0 Å². The Morgan fingerprint density at radius 1 is 0.889 bits per heavy atom. The number of benzene rings is 2. The Labute approximate surface area is 163 Å². The summed E-state index contributed by atoms with van der Waals surface area (Å²) in [5.41, 5.74) is 5.95. The van der Waals surface area contributed by atoms with Gasteiger partial charge in [0.2, 0.25) is 0 Å². The van der Waals surface area contributed by atoms with Crippen LogP contribution in [-0.2, 0) is 22.3 Å². The van der Waals surface area contributed by atoms with Crippen LogP contribution < -0.4 is 0 Å². The van der Waals surface area contributed by atoms with Crippen molar-refractivity contribution in [2.45, 2.75) is 57.5 Å². The molecule has 4 rings (SSSR count). The molecular weight excluding hydrogens is 332 g/mol. The van der Waals surface area contributed by atoms with E-state index in [0.29, 0.717) is 11.8 Å². The van der Waals surface area contributed by atoms with E-state index in [1.807, 2.05) is 0 Å². The summed E-state index contributed by atoms with van der Waals surface area (Å²) in [6.45, 7) is 4.66. The normalized spacial score (nSPS) is 24.3. The maximum absolute atomic E-state index is 6.15. The molecule has 2 aliphatic carbocycles. The van der Waals surface area contributed by atoms with Crippen molar-refractivity contribution in [2.75, 3.05) is 19.8 Å². The van der Waals surface area contributed by atoms with Crippen molar-refractivity contribution in [1.29, 1.82) is 0 Å². The fourth-order valence-electron chi connectivity index (χ4n) is 4.90. The van der Waals surface area contributed by atoms with Crippen LogP contribution in [-0.4, -0.2) is 19.8 Å². The Morgan fingerprint density at radius 3 is 2.52 bits per heavy atom. The van der Waals surface area contributed by atoms with E-state index in [1.165, 1.54) is 47.9 Å². The summed E-state index contributed by atoms with van der Waals surface area (Å²) in [6, 6.07) is 17.8. The minimum Gasteiger partial charge on any atom is -0.381 e. The second-order valence-electron chi connectivity index (χ2n) is 8.09. The molecule has 27 heavy (non-hydrogen) atoms. The summed E-state index contributed by atoms with van der Waals surface area (Å²) in [6.07, 6.45) is 7.40. The van der Waals surface area contributed by atoms with Crippen LogP contribution in [0.4, 0.5) is 0 Å². The van der Waals surface area contributed by atoms with E-state index in [4.69, 9.17) is 9.47 Å². The van der Waals surface area contributed by atoms with Crippen LogP contribution in [0.15, 0.2) is 48.5 Å². The van der Waals surface area contributed by atoms with Gasteiger partial charge in [-0.25, -0.2) is 0 Å². The van der Waals surface area contributed by atoms with Crippen molar-refractivity contribution in [1.82, 2.24) is 0 Å². The van der Waals surface area contributed by atoms with E-state index >= 15 is 0 Å². The molecule has 2 aliphatic rings. The van der Waals surface area contributed by atoms with Gasteiger partial charge < -0.3 is 9.47 Å². The molecule has 2 aromatic rings. The van der Waals surface area contributed by atoms with Crippen LogP contribution in [0, 0.1) is 5.92 Å². The molecule has 0 saturated heterocycles. The summed E-state index contributed by atoms with van der Waals surface area (Å²) in [5.74, 6) is 1.30. The van der Waals surface area contributed by atoms with Crippen molar-refractivity contribution in [2.24, 2.45) is 5.92 Å². The third kappa shape index (κ3) is 4.44. The molecule has 0 amide bonds. The lowest BCUT2D eigenvalue weighted by Gasteiger charge is -2.31. The smallest absolute Gasteiger partial charge is 0.0827 e. The fourth-order valence-corrected chi connectivity index (χ4v) is 4.90. The quantitative estimate of drug-likeness (QED) is 0.573. The molecule has 2 nitrogen and oxygen atoms in total. The Morgan fingerprint density at radius 2 is 1.67 bits per heavy atom. The molecule has 0 saturated carbocycles. The van der Waals surface area contributed by atoms with Crippen molar-refractivity contribution < 1.29 is 9.47 Å². The second-order valence-corrected chi connectivity index (χ2v) is 8.09. The zero-order chi connectivity index (χ0) is 18.5. The first-order chi connectivity index (χ1) is 13.3. The van der Waals surface area contributed by atoms with Gasteiger partial charge in [-0.2, -0.15) is 0 Å². The maximum atomic E-state index is 6.15. The molecule has 0 aliphatic heterocycles. The summed E-state index contributed by atoms with van der Waals surface area (Å²) in [5, 5.41) is 0. The lowest BCUT2D eigenvalue weighted by atomic mass is 9.79. The predicted molar refractivity (Wildman–Crippen MR) is 110 cm³/mol. The molecule has 0 radical (unpaired) electrons. The first kappa shape index (κ1) is 18.7. The van der Waals surface area contributed by atoms with E-state index in [0.717, 1.165) is 32.7 Å². The van der Waals surface area contributed by atoms with Crippen molar-refractivity contribution >= 4 is 0 Å². The highest BCUT2D eigenvalue weighted by molar-refractivity contribution is 5.34. The number of hydrogen-bond donors (Lipinski definition) is 0. The number of rotatable bonds is 7. The van der Waals surface area contributed by atoms with Gasteiger partial charge in [-0.3, -0.25) is 0 Å². The van der Waals surface area contributed by atoms with Gasteiger partial charge in [-0.1, -0.05) is 48.5 Å². The van der Waals surface area contributed by atoms with E-state index in [-0.39, 0.29) is 6.10 Å². The van der Waals surface area contributed by atoms with Gasteiger partial charge >= 0.3 is 0 Å². The summed E-state index contributed by atoms with van der Waals surface area (Å²) in [7, 11) is 0. The molecule has 0 fully saturated rings. The molecule has 2 heteroatoms. The zero-order valence-electron chi connectivity index (χ0n) is 16.5. The average Bonchev–Trinajstić information content (AvgIpc) is 2.72. The largest absolute Gasteiger partial charge is 0.381 e. The number of hydrogen-bond acceptors (Lipinski definition) is 2. The Kier molecular flexibility index (Phi) is 6.26. The molecule has 0 spiro atoms. The monoisotopic (exact) mass is 364 g/mol. The van der Waals surface area contributed by atoms with Gasteiger partial charge in [0.05, 0.1) is 6.10 Å². The second kappa shape index (κ2) is 9.03. The lowest BCUT2D eigenvalue weighted by molar-refractivity contribution is 0.0430. The molecule has 3 atom stereocenters. The highest BCUT2D eigenvalue weighted by atomic mass is 16.5. The Hall–Kier alpha value is -1.64. The summed E-state index contributed by atoms with van der Waals surface area (Å²) < 4.78 is 12.1. The predicted octanol–water partition coefficient (Wildman–Crippen LogP) is 5.85. The molecule has 3 unspecified atom stereocenters. The van der Waals surface area contributed by atoms with Crippen molar-refractivity contribution in [3.8, 4) is 0 Å². The molecule has 0 N–H and O–H groups in total. The van der Waals surface area contributed by atoms with E-state index < -0.39 is 0 Å². The number of fused-ring (bicyclic) bond motifs is 2. The Balaban J connectivity index is 1.27. The summed E-state index contributed by atoms with van der Waals surface area (Å²) >= 11 is 0. The van der Waals surface area contributed by atoms with Crippen LogP contribution in [0.25, 0.3) is 0 Å². The molecule has 144 valence electrons. The molecular formula is C25H32O2. The van der Waals surface area contributed by atoms with E-state index in [1.54, 1.807) is 0 Å². The van der Waals surface area contributed by atoms with Crippen LogP contribution >= 0.6 is 0 Å². The topological polar surface area (TPSA) is 18.5 Å². The fraction of sp³-hybridized carbons (Fsp3) is 0.520. The van der Waals surface area contributed by atoms with Crippen LogP contribution in [0.3, 0.4) is 0 Å². The van der Waals surface area contributed by atoms with Gasteiger partial charge in [-0.15, -0.1) is 0 Å². The third-order valence-corrected chi connectivity index (χ3v) is 6.34. The zero-order valence-corrected chi connectivity index (χ0v) is 16.5. The standard InChI is InChI=1S/C25H32O2/c1-2-27-25-14-13-21(23-9-5-6-10-24(23)25)15-16-26-18-19-11-12-20-7-3-4-8-22(20)17-19/h3-10,19,21,25H,2,11-18H2,1H3. The van der Waals surface area contributed by atoms with Crippen LogP contribution in [0.2, 0.25) is 0 Å². The summed E-state index contributed by atoms with van der Waals surface area (Å²) in [4.78, 5) is 0. The maximum Gasteiger partial charge on any atom is 0.0827 e. The van der Waals surface area contributed by atoms with Crippen LogP contribution in [0.1, 0.15) is 66.9 Å².